The number of carboxylic acid groups (broad SMARTS) is 1. The molecule has 0 aromatic heterocycles. The quantitative estimate of drug-likeness (QED) is 0.764. The van der Waals surface area contributed by atoms with Crippen molar-refractivity contribution < 1.29 is 14.7 Å². The third-order valence-electron chi connectivity index (χ3n) is 3.74. The van der Waals surface area contributed by atoms with Crippen molar-refractivity contribution in [3.63, 3.8) is 0 Å². The van der Waals surface area contributed by atoms with Crippen molar-refractivity contribution in [1.82, 2.24) is 10.2 Å². The predicted octanol–water partition coefficient (Wildman–Crippen LogP) is 2.07. The summed E-state index contributed by atoms with van der Waals surface area (Å²) in [4.78, 5) is 24.4. The van der Waals surface area contributed by atoms with E-state index in [1.165, 1.54) is 0 Å². The minimum atomic E-state index is -0.834. The Morgan fingerprint density at radius 2 is 2.06 bits per heavy atom. The molecule has 18 heavy (non-hydrogen) atoms. The van der Waals surface area contributed by atoms with E-state index in [0.29, 0.717) is 19.0 Å². The van der Waals surface area contributed by atoms with Gasteiger partial charge in [0.2, 0.25) is 0 Å². The second-order valence-corrected chi connectivity index (χ2v) is 4.96. The number of carboxylic acids is 1. The molecule has 0 bridgehead atoms. The van der Waals surface area contributed by atoms with Gasteiger partial charge in [-0.3, -0.25) is 4.79 Å². The number of carbonyl (C=O) groups excluding carboxylic acids is 1. The molecule has 1 unspecified atom stereocenters. The molecular weight excluding hydrogens is 232 g/mol. The summed E-state index contributed by atoms with van der Waals surface area (Å²) in [6, 6.07) is -0.241. The highest BCUT2D eigenvalue weighted by Crippen LogP contribution is 2.20. The molecule has 0 radical (unpaired) electrons. The first-order valence-corrected chi connectivity index (χ1v) is 6.84. The molecule has 1 aliphatic rings. The molecule has 1 saturated heterocycles. The van der Waals surface area contributed by atoms with Crippen LogP contribution >= 0.6 is 0 Å². The first-order valence-electron chi connectivity index (χ1n) is 6.84. The highest BCUT2D eigenvalue weighted by molar-refractivity contribution is 5.76. The molecule has 1 fully saturated rings. The van der Waals surface area contributed by atoms with Gasteiger partial charge < -0.3 is 15.3 Å². The van der Waals surface area contributed by atoms with Crippen molar-refractivity contribution in [2.45, 2.75) is 52.0 Å². The molecule has 2 amide bonds. The van der Waals surface area contributed by atoms with Crippen molar-refractivity contribution >= 4 is 12.0 Å². The summed E-state index contributed by atoms with van der Waals surface area (Å²) in [5.74, 6) is -0.325. The van der Waals surface area contributed by atoms with Gasteiger partial charge in [0, 0.05) is 19.1 Å². The van der Waals surface area contributed by atoms with Gasteiger partial charge in [-0.05, 0) is 18.8 Å². The van der Waals surface area contributed by atoms with Crippen molar-refractivity contribution in [1.29, 1.82) is 0 Å². The monoisotopic (exact) mass is 256 g/mol. The van der Waals surface area contributed by atoms with Crippen molar-refractivity contribution in [2.24, 2.45) is 5.92 Å². The molecule has 2 N–H and O–H groups in total. The Labute approximate surface area is 109 Å². The molecular formula is C13H24N2O3. The van der Waals surface area contributed by atoms with Crippen LogP contribution in [-0.2, 0) is 4.79 Å². The van der Waals surface area contributed by atoms with Crippen molar-refractivity contribution in [3.8, 4) is 0 Å². The highest BCUT2D eigenvalue weighted by Gasteiger charge is 2.30. The Balaban J connectivity index is 2.42. The average molecular weight is 256 g/mol. The Bertz CT molecular complexity index is 290. The van der Waals surface area contributed by atoms with Crippen LogP contribution in [0.3, 0.4) is 0 Å². The standard InChI is InChI=1S/C13H24N2O3/c1-3-10(4-2)9-14-13(18)15-7-5-6-11(15)8-12(16)17/h10-11H,3-9H2,1-2H3,(H,14,18)(H,16,17). The summed E-state index contributed by atoms with van der Waals surface area (Å²) in [6.45, 7) is 5.58. The molecule has 104 valence electrons. The summed E-state index contributed by atoms with van der Waals surface area (Å²) in [6.07, 6.45) is 3.85. The molecule has 0 spiro atoms. The Morgan fingerprint density at radius 3 is 2.61 bits per heavy atom. The third-order valence-corrected chi connectivity index (χ3v) is 3.74. The van der Waals surface area contributed by atoms with Gasteiger partial charge in [0.25, 0.3) is 0 Å². The van der Waals surface area contributed by atoms with E-state index in [4.69, 9.17) is 5.11 Å². The summed E-state index contributed by atoms with van der Waals surface area (Å²) in [7, 11) is 0. The minimum Gasteiger partial charge on any atom is -0.481 e. The maximum absolute atomic E-state index is 12.0. The first-order chi connectivity index (χ1) is 8.58. The molecule has 1 atom stereocenters. The summed E-state index contributed by atoms with van der Waals surface area (Å²) in [5, 5.41) is 11.7. The summed E-state index contributed by atoms with van der Waals surface area (Å²) >= 11 is 0. The number of nitrogens with one attached hydrogen (secondary N) is 1. The Hall–Kier alpha value is -1.26. The van der Waals surface area contributed by atoms with Crippen LogP contribution in [0.1, 0.15) is 46.0 Å². The average Bonchev–Trinajstić information content (AvgIpc) is 2.77. The van der Waals surface area contributed by atoms with Crippen LogP contribution in [0.4, 0.5) is 4.79 Å². The number of urea groups is 1. The van der Waals surface area contributed by atoms with Gasteiger partial charge in [0.15, 0.2) is 0 Å². The number of carbonyl (C=O) groups is 2. The number of aliphatic carboxylic acids is 1. The Kier molecular flexibility index (Phi) is 5.95. The van der Waals surface area contributed by atoms with E-state index < -0.39 is 5.97 Å². The summed E-state index contributed by atoms with van der Waals surface area (Å²) < 4.78 is 0. The fourth-order valence-electron chi connectivity index (χ4n) is 2.43. The highest BCUT2D eigenvalue weighted by atomic mass is 16.4. The van der Waals surface area contributed by atoms with E-state index in [2.05, 4.69) is 19.2 Å². The lowest BCUT2D eigenvalue weighted by atomic mass is 10.0. The van der Waals surface area contributed by atoms with Crippen LogP contribution in [0.25, 0.3) is 0 Å². The maximum Gasteiger partial charge on any atom is 0.317 e. The van der Waals surface area contributed by atoms with E-state index in [1.54, 1.807) is 4.90 Å². The molecule has 5 nitrogen and oxygen atoms in total. The van der Waals surface area contributed by atoms with E-state index >= 15 is 0 Å². The largest absolute Gasteiger partial charge is 0.481 e. The normalized spacial score (nSPS) is 19.3. The molecule has 1 rings (SSSR count). The fraction of sp³-hybridized carbons (Fsp3) is 0.846. The summed E-state index contributed by atoms with van der Waals surface area (Å²) in [5.41, 5.74) is 0. The van der Waals surface area contributed by atoms with Crippen molar-refractivity contribution in [3.05, 3.63) is 0 Å². The molecule has 1 aliphatic heterocycles. The lowest BCUT2D eigenvalue weighted by molar-refractivity contribution is -0.137. The van der Waals surface area contributed by atoms with E-state index in [1.807, 2.05) is 0 Å². The molecule has 0 aromatic carbocycles. The SMILES string of the molecule is CCC(CC)CNC(=O)N1CCCC1CC(=O)O. The van der Waals surface area contributed by atoms with Gasteiger partial charge >= 0.3 is 12.0 Å². The zero-order chi connectivity index (χ0) is 13.5. The molecule has 1 heterocycles. The van der Waals surface area contributed by atoms with Crippen LogP contribution in [-0.4, -0.2) is 41.1 Å². The van der Waals surface area contributed by atoms with E-state index in [9.17, 15) is 9.59 Å². The van der Waals surface area contributed by atoms with Gasteiger partial charge in [-0.25, -0.2) is 4.79 Å². The van der Waals surface area contributed by atoms with Crippen LogP contribution in [0, 0.1) is 5.92 Å². The number of hydrogen-bond acceptors (Lipinski definition) is 2. The van der Waals surface area contributed by atoms with Crippen LogP contribution in [0.15, 0.2) is 0 Å². The lowest BCUT2D eigenvalue weighted by Gasteiger charge is -2.25. The van der Waals surface area contributed by atoms with E-state index in [0.717, 1.165) is 25.7 Å². The van der Waals surface area contributed by atoms with Gasteiger partial charge in [-0.2, -0.15) is 0 Å². The second kappa shape index (κ2) is 7.24. The van der Waals surface area contributed by atoms with Gasteiger partial charge in [0.1, 0.15) is 0 Å². The van der Waals surface area contributed by atoms with Crippen LogP contribution < -0.4 is 5.32 Å². The molecule has 0 aromatic rings. The maximum atomic E-state index is 12.0. The Morgan fingerprint density at radius 1 is 1.39 bits per heavy atom. The minimum absolute atomic E-state index is 0.0540. The third kappa shape index (κ3) is 4.20. The number of nitrogens with zero attached hydrogens (tertiary/aromatic N) is 1. The topological polar surface area (TPSA) is 69.6 Å². The number of likely N-dealkylation sites (tertiary alicyclic amines) is 1. The molecule has 0 saturated carbocycles. The van der Waals surface area contributed by atoms with Crippen molar-refractivity contribution in [2.75, 3.05) is 13.1 Å². The van der Waals surface area contributed by atoms with E-state index in [-0.39, 0.29) is 18.5 Å². The zero-order valence-electron chi connectivity index (χ0n) is 11.3. The number of amides is 2. The lowest BCUT2D eigenvalue weighted by Crippen LogP contribution is -2.44. The number of hydrogen-bond donors (Lipinski definition) is 2. The fourth-order valence-corrected chi connectivity index (χ4v) is 2.43. The predicted molar refractivity (Wildman–Crippen MR) is 69.5 cm³/mol. The number of rotatable bonds is 6. The first kappa shape index (κ1) is 14.8. The zero-order valence-corrected chi connectivity index (χ0v) is 11.3. The smallest absolute Gasteiger partial charge is 0.317 e. The molecule has 5 heteroatoms. The van der Waals surface area contributed by atoms with Crippen LogP contribution in [0.2, 0.25) is 0 Å². The molecule has 0 aliphatic carbocycles. The second-order valence-electron chi connectivity index (χ2n) is 4.96. The van der Waals surface area contributed by atoms with Gasteiger partial charge in [0.05, 0.1) is 6.42 Å². The van der Waals surface area contributed by atoms with Gasteiger partial charge in [-0.1, -0.05) is 26.7 Å². The van der Waals surface area contributed by atoms with Gasteiger partial charge in [-0.15, -0.1) is 0 Å². The van der Waals surface area contributed by atoms with Crippen LogP contribution in [0.5, 0.6) is 0 Å².